The quantitative estimate of drug-likeness (QED) is 0.477. The molecule has 0 aliphatic heterocycles. The SMILES string of the molecule is O=C1CCCC/C1=C\Cl. The van der Waals surface area contributed by atoms with Crippen LogP contribution in [0.5, 0.6) is 0 Å². The van der Waals surface area contributed by atoms with Crippen molar-refractivity contribution in [2.45, 2.75) is 25.7 Å². The van der Waals surface area contributed by atoms with E-state index in [1.807, 2.05) is 0 Å². The minimum absolute atomic E-state index is 0.233. The van der Waals surface area contributed by atoms with Gasteiger partial charge in [0.25, 0.3) is 0 Å². The van der Waals surface area contributed by atoms with E-state index in [-0.39, 0.29) is 5.78 Å². The third kappa shape index (κ3) is 1.55. The van der Waals surface area contributed by atoms with E-state index in [1.165, 1.54) is 5.54 Å². The lowest BCUT2D eigenvalue weighted by Crippen LogP contribution is -2.07. The topological polar surface area (TPSA) is 17.1 Å². The molecule has 1 saturated carbocycles. The van der Waals surface area contributed by atoms with Crippen LogP contribution in [0.25, 0.3) is 0 Å². The van der Waals surface area contributed by atoms with Crippen molar-refractivity contribution >= 4 is 17.4 Å². The average Bonchev–Trinajstić information content (AvgIpc) is 1.89. The van der Waals surface area contributed by atoms with Crippen LogP contribution in [0.2, 0.25) is 0 Å². The minimum atomic E-state index is 0.233. The number of halogens is 1. The first-order chi connectivity index (χ1) is 4.34. The van der Waals surface area contributed by atoms with Gasteiger partial charge in [0, 0.05) is 17.5 Å². The number of Topliss-reactive ketones (excluding diaryl/α,β-unsaturated/α-hetero) is 1. The summed E-state index contributed by atoms with van der Waals surface area (Å²) in [6, 6.07) is 0. The smallest absolute Gasteiger partial charge is 0.159 e. The maximum absolute atomic E-state index is 10.9. The van der Waals surface area contributed by atoms with Gasteiger partial charge in [-0.1, -0.05) is 11.6 Å². The molecule has 0 aromatic heterocycles. The molecule has 1 fully saturated rings. The lowest BCUT2D eigenvalue weighted by molar-refractivity contribution is -0.116. The van der Waals surface area contributed by atoms with Crippen LogP contribution in [0.4, 0.5) is 0 Å². The summed E-state index contributed by atoms with van der Waals surface area (Å²) in [5, 5.41) is 0. The summed E-state index contributed by atoms with van der Waals surface area (Å²) in [7, 11) is 0. The van der Waals surface area contributed by atoms with Gasteiger partial charge in [0.2, 0.25) is 0 Å². The predicted molar refractivity (Wildman–Crippen MR) is 37.4 cm³/mol. The molecule has 2 heteroatoms. The Balaban J connectivity index is 2.60. The van der Waals surface area contributed by atoms with Gasteiger partial charge >= 0.3 is 0 Å². The van der Waals surface area contributed by atoms with Crippen LogP contribution in [0.15, 0.2) is 11.1 Å². The molecule has 0 spiro atoms. The fourth-order valence-electron chi connectivity index (χ4n) is 1.02. The van der Waals surface area contributed by atoms with Crippen molar-refractivity contribution < 1.29 is 4.79 Å². The molecule has 1 nitrogen and oxygen atoms in total. The first-order valence-corrected chi connectivity index (χ1v) is 3.60. The van der Waals surface area contributed by atoms with Crippen molar-refractivity contribution in [3.8, 4) is 0 Å². The Bertz CT molecular complexity index is 149. The van der Waals surface area contributed by atoms with Gasteiger partial charge in [0.05, 0.1) is 0 Å². The van der Waals surface area contributed by atoms with E-state index >= 15 is 0 Å². The zero-order chi connectivity index (χ0) is 6.69. The number of hydrogen-bond donors (Lipinski definition) is 0. The van der Waals surface area contributed by atoms with Crippen LogP contribution < -0.4 is 0 Å². The Morgan fingerprint density at radius 2 is 2.00 bits per heavy atom. The summed E-state index contributed by atoms with van der Waals surface area (Å²) < 4.78 is 0. The molecule has 0 aromatic rings. The van der Waals surface area contributed by atoms with E-state index in [1.54, 1.807) is 0 Å². The summed E-state index contributed by atoms with van der Waals surface area (Å²) in [6.45, 7) is 0. The highest BCUT2D eigenvalue weighted by atomic mass is 35.5. The zero-order valence-corrected chi connectivity index (χ0v) is 5.95. The van der Waals surface area contributed by atoms with Gasteiger partial charge in [0.15, 0.2) is 5.78 Å². The molecule has 1 aliphatic rings. The van der Waals surface area contributed by atoms with E-state index in [2.05, 4.69) is 0 Å². The molecule has 0 radical (unpaired) electrons. The van der Waals surface area contributed by atoms with E-state index in [0.29, 0.717) is 6.42 Å². The second-order valence-electron chi connectivity index (χ2n) is 2.26. The van der Waals surface area contributed by atoms with Crippen molar-refractivity contribution in [1.82, 2.24) is 0 Å². The summed E-state index contributed by atoms with van der Waals surface area (Å²) in [6.07, 6.45) is 3.72. The molecule has 9 heavy (non-hydrogen) atoms. The van der Waals surface area contributed by atoms with Gasteiger partial charge in [-0.05, 0) is 19.3 Å². The predicted octanol–water partition coefficient (Wildman–Crippen LogP) is 2.25. The van der Waals surface area contributed by atoms with Gasteiger partial charge < -0.3 is 0 Å². The molecule has 0 heterocycles. The van der Waals surface area contributed by atoms with E-state index in [4.69, 9.17) is 11.6 Å². The van der Waals surface area contributed by atoms with Crippen molar-refractivity contribution in [3.05, 3.63) is 11.1 Å². The molecule has 1 aliphatic carbocycles. The normalized spacial score (nSPS) is 25.0. The Morgan fingerprint density at radius 1 is 1.33 bits per heavy atom. The van der Waals surface area contributed by atoms with Crippen molar-refractivity contribution in [2.75, 3.05) is 0 Å². The lowest BCUT2D eigenvalue weighted by atomic mass is 9.95. The number of ketones is 1. The molecular weight excluding hydrogens is 136 g/mol. The van der Waals surface area contributed by atoms with Crippen molar-refractivity contribution in [3.63, 3.8) is 0 Å². The average molecular weight is 145 g/mol. The van der Waals surface area contributed by atoms with E-state index < -0.39 is 0 Å². The Morgan fingerprint density at radius 3 is 2.44 bits per heavy atom. The molecule has 0 amide bonds. The number of hydrogen-bond acceptors (Lipinski definition) is 1. The first kappa shape index (κ1) is 6.81. The standard InChI is InChI=1S/C7H9ClO/c8-5-6-3-1-2-4-7(6)9/h5H,1-4H2/b6-5+. The molecule has 0 N–H and O–H groups in total. The summed E-state index contributed by atoms with van der Waals surface area (Å²) in [4.78, 5) is 10.9. The maximum atomic E-state index is 10.9. The van der Waals surface area contributed by atoms with Crippen molar-refractivity contribution in [2.24, 2.45) is 0 Å². The van der Waals surface area contributed by atoms with Crippen LogP contribution in [0, 0.1) is 0 Å². The van der Waals surface area contributed by atoms with Crippen LogP contribution in [-0.4, -0.2) is 5.78 Å². The summed E-state index contributed by atoms with van der Waals surface area (Å²) >= 11 is 5.39. The van der Waals surface area contributed by atoms with Gasteiger partial charge in [0.1, 0.15) is 0 Å². The van der Waals surface area contributed by atoms with Crippen LogP contribution in [-0.2, 0) is 4.79 Å². The summed E-state index contributed by atoms with van der Waals surface area (Å²) in [5.74, 6) is 0.233. The van der Waals surface area contributed by atoms with Crippen LogP contribution in [0.1, 0.15) is 25.7 Å². The van der Waals surface area contributed by atoms with E-state index in [9.17, 15) is 4.79 Å². The number of carbonyl (C=O) groups is 1. The van der Waals surface area contributed by atoms with Gasteiger partial charge in [-0.25, -0.2) is 0 Å². The Labute approximate surface area is 59.7 Å². The second-order valence-corrected chi connectivity index (χ2v) is 2.48. The Kier molecular flexibility index (Phi) is 2.29. The molecule has 1 rings (SSSR count). The molecule has 0 aromatic carbocycles. The monoisotopic (exact) mass is 144 g/mol. The molecule has 0 unspecified atom stereocenters. The number of allylic oxidation sites excluding steroid dienone is 1. The maximum Gasteiger partial charge on any atom is 0.159 e. The highest BCUT2D eigenvalue weighted by Gasteiger charge is 2.13. The fraction of sp³-hybridized carbons (Fsp3) is 0.571. The van der Waals surface area contributed by atoms with Gasteiger partial charge in [-0.2, -0.15) is 0 Å². The van der Waals surface area contributed by atoms with Crippen LogP contribution >= 0.6 is 11.6 Å². The van der Waals surface area contributed by atoms with Crippen LogP contribution in [0.3, 0.4) is 0 Å². The minimum Gasteiger partial charge on any atom is -0.295 e. The first-order valence-electron chi connectivity index (χ1n) is 3.17. The molecule has 0 bridgehead atoms. The Hall–Kier alpha value is -0.300. The fourth-order valence-corrected chi connectivity index (χ4v) is 1.25. The third-order valence-corrected chi connectivity index (χ3v) is 1.85. The van der Waals surface area contributed by atoms with E-state index in [0.717, 1.165) is 24.8 Å². The molecule has 0 atom stereocenters. The molecule has 50 valence electrons. The second kappa shape index (κ2) is 3.02. The largest absolute Gasteiger partial charge is 0.295 e. The number of carbonyl (C=O) groups excluding carboxylic acids is 1. The summed E-state index contributed by atoms with van der Waals surface area (Å²) in [5.41, 5.74) is 2.23. The molecular formula is C7H9ClO. The van der Waals surface area contributed by atoms with Gasteiger partial charge in [-0.3, -0.25) is 4.79 Å². The zero-order valence-electron chi connectivity index (χ0n) is 5.19. The lowest BCUT2D eigenvalue weighted by Gasteiger charge is -2.09. The highest BCUT2D eigenvalue weighted by molar-refractivity contribution is 6.27. The third-order valence-electron chi connectivity index (χ3n) is 1.59. The highest BCUT2D eigenvalue weighted by Crippen LogP contribution is 2.19. The van der Waals surface area contributed by atoms with Gasteiger partial charge in [-0.15, -0.1) is 0 Å². The van der Waals surface area contributed by atoms with Crippen molar-refractivity contribution in [1.29, 1.82) is 0 Å². The number of rotatable bonds is 0. The molecule has 0 saturated heterocycles.